The fourth-order valence-corrected chi connectivity index (χ4v) is 5.11. The molecule has 3 aliphatic heterocycles. The van der Waals surface area contributed by atoms with Gasteiger partial charge in [0.1, 0.15) is 11.9 Å². The van der Waals surface area contributed by atoms with Crippen LogP contribution in [-0.2, 0) is 22.7 Å². The number of carbonyl (C=O) groups excluding carboxylic acids is 3. The number of benzene rings is 1. The molecule has 5 rings (SSSR count). The lowest BCUT2D eigenvalue weighted by Gasteiger charge is -2.32. The molecule has 3 amide bonds. The SMILES string of the molecule is Cc1cc(CN2CCC(c3cc4c(cc3F)C(=O)N(C3CCC(=O)NC3=O)C4)CC2)n[nH]1. The van der Waals surface area contributed by atoms with Crippen molar-refractivity contribution in [2.24, 2.45) is 0 Å². The van der Waals surface area contributed by atoms with E-state index >= 15 is 4.39 Å². The van der Waals surface area contributed by atoms with Crippen molar-refractivity contribution in [1.82, 2.24) is 25.3 Å². The van der Waals surface area contributed by atoms with E-state index in [1.54, 1.807) is 0 Å². The van der Waals surface area contributed by atoms with Crippen molar-refractivity contribution in [2.75, 3.05) is 13.1 Å². The van der Waals surface area contributed by atoms with Gasteiger partial charge in [-0.1, -0.05) is 6.07 Å². The molecule has 0 aliphatic carbocycles. The first-order chi connectivity index (χ1) is 15.4. The molecule has 0 radical (unpaired) electrons. The highest BCUT2D eigenvalue weighted by Crippen LogP contribution is 2.35. The maximum absolute atomic E-state index is 15.0. The fourth-order valence-electron chi connectivity index (χ4n) is 5.11. The van der Waals surface area contributed by atoms with Crippen LogP contribution in [0.2, 0.25) is 0 Å². The smallest absolute Gasteiger partial charge is 0.255 e. The van der Waals surface area contributed by atoms with Crippen LogP contribution in [0.4, 0.5) is 4.39 Å². The summed E-state index contributed by atoms with van der Waals surface area (Å²) < 4.78 is 15.0. The molecule has 1 unspecified atom stereocenters. The van der Waals surface area contributed by atoms with Gasteiger partial charge in [-0.2, -0.15) is 5.10 Å². The van der Waals surface area contributed by atoms with Crippen LogP contribution in [0.5, 0.6) is 0 Å². The maximum Gasteiger partial charge on any atom is 0.255 e. The van der Waals surface area contributed by atoms with Crippen LogP contribution in [0.3, 0.4) is 0 Å². The standard InChI is InChI=1S/C23H26FN5O3/c1-13-8-16(27-26-13)12-28-6-4-14(5-7-28)17-9-15-11-29(23(32)18(15)10-19(17)24)20-2-3-21(30)25-22(20)31/h8-10,14,20H,2-7,11-12H2,1H3,(H,26,27)(H,25,30,31). The fraction of sp³-hybridized carbons (Fsp3) is 0.478. The molecule has 9 heteroatoms. The van der Waals surface area contributed by atoms with Crippen molar-refractivity contribution in [3.8, 4) is 0 Å². The molecular formula is C23H26FN5O3. The molecule has 1 aromatic carbocycles. The van der Waals surface area contributed by atoms with Gasteiger partial charge < -0.3 is 4.90 Å². The van der Waals surface area contributed by atoms with Gasteiger partial charge >= 0.3 is 0 Å². The Morgan fingerprint density at radius 3 is 2.59 bits per heavy atom. The third kappa shape index (κ3) is 3.81. The zero-order valence-electron chi connectivity index (χ0n) is 18.0. The zero-order valence-corrected chi connectivity index (χ0v) is 18.0. The van der Waals surface area contributed by atoms with Gasteiger partial charge in [0.25, 0.3) is 5.91 Å². The minimum absolute atomic E-state index is 0.0947. The second-order valence-corrected chi connectivity index (χ2v) is 9.02. The molecule has 32 heavy (non-hydrogen) atoms. The van der Waals surface area contributed by atoms with Gasteiger partial charge in [0.05, 0.1) is 5.69 Å². The van der Waals surface area contributed by atoms with Gasteiger partial charge in [-0.15, -0.1) is 0 Å². The number of piperidine rings is 2. The Morgan fingerprint density at radius 1 is 1.12 bits per heavy atom. The van der Waals surface area contributed by atoms with Crippen molar-refractivity contribution in [3.63, 3.8) is 0 Å². The molecule has 8 nitrogen and oxygen atoms in total. The van der Waals surface area contributed by atoms with Crippen molar-refractivity contribution >= 4 is 17.7 Å². The Labute approximate surface area is 185 Å². The number of imide groups is 1. The summed E-state index contributed by atoms with van der Waals surface area (Å²) in [6.45, 7) is 4.73. The largest absolute Gasteiger partial charge is 0.322 e. The second kappa shape index (κ2) is 8.12. The summed E-state index contributed by atoms with van der Waals surface area (Å²) in [5, 5.41) is 9.55. The molecule has 1 atom stereocenters. The van der Waals surface area contributed by atoms with Crippen LogP contribution in [0.25, 0.3) is 0 Å². The molecule has 2 fully saturated rings. The lowest BCUT2D eigenvalue weighted by Crippen LogP contribution is -2.52. The van der Waals surface area contributed by atoms with E-state index in [4.69, 9.17) is 0 Å². The molecule has 1 aromatic heterocycles. The minimum atomic E-state index is -0.687. The number of halogens is 1. The molecule has 0 saturated carbocycles. The molecular weight excluding hydrogens is 413 g/mol. The highest BCUT2D eigenvalue weighted by molar-refractivity contribution is 6.05. The van der Waals surface area contributed by atoms with Gasteiger partial charge in [-0.05, 0) is 68.5 Å². The number of aryl methyl sites for hydroxylation is 1. The van der Waals surface area contributed by atoms with Gasteiger partial charge in [-0.25, -0.2) is 4.39 Å². The highest BCUT2D eigenvalue weighted by Gasteiger charge is 2.40. The summed E-state index contributed by atoms with van der Waals surface area (Å²) in [6, 6.07) is 4.49. The zero-order chi connectivity index (χ0) is 22.4. The monoisotopic (exact) mass is 439 g/mol. The number of likely N-dealkylation sites (tertiary alicyclic amines) is 1. The lowest BCUT2D eigenvalue weighted by molar-refractivity contribution is -0.136. The van der Waals surface area contributed by atoms with Crippen LogP contribution in [0.15, 0.2) is 18.2 Å². The Balaban J connectivity index is 1.27. The quantitative estimate of drug-likeness (QED) is 0.710. The number of nitrogens with one attached hydrogen (secondary N) is 2. The molecule has 0 spiro atoms. The number of nitrogens with zero attached hydrogens (tertiary/aromatic N) is 3. The number of amides is 3. The van der Waals surface area contributed by atoms with Crippen LogP contribution in [-0.4, -0.2) is 56.9 Å². The first-order valence-electron chi connectivity index (χ1n) is 11.1. The summed E-state index contributed by atoms with van der Waals surface area (Å²) in [7, 11) is 0. The minimum Gasteiger partial charge on any atom is -0.322 e. The number of aromatic amines is 1. The van der Waals surface area contributed by atoms with E-state index in [1.807, 2.05) is 19.1 Å². The summed E-state index contributed by atoms with van der Waals surface area (Å²) in [5.41, 5.74) is 3.78. The number of rotatable bonds is 4. The molecule has 0 bridgehead atoms. The molecule has 2 saturated heterocycles. The first kappa shape index (κ1) is 20.8. The lowest BCUT2D eigenvalue weighted by atomic mass is 9.87. The van der Waals surface area contributed by atoms with E-state index in [0.29, 0.717) is 17.5 Å². The number of H-pyrrole nitrogens is 1. The maximum atomic E-state index is 15.0. The number of carbonyl (C=O) groups is 3. The third-order valence-electron chi connectivity index (χ3n) is 6.81. The van der Waals surface area contributed by atoms with Gasteiger partial charge in [-0.3, -0.25) is 29.7 Å². The van der Waals surface area contributed by atoms with Gasteiger partial charge in [0.15, 0.2) is 0 Å². The predicted octanol–water partition coefficient (Wildman–Crippen LogP) is 2.00. The van der Waals surface area contributed by atoms with E-state index < -0.39 is 11.9 Å². The summed E-state index contributed by atoms with van der Waals surface area (Å²) >= 11 is 0. The molecule has 2 aromatic rings. The van der Waals surface area contributed by atoms with E-state index in [1.165, 1.54) is 11.0 Å². The van der Waals surface area contributed by atoms with Gasteiger partial charge in [0, 0.05) is 30.8 Å². The third-order valence-corrected chi connectivity index (χ3v) is 6.81. The molecule has 2 N–H and O–H groups in total. The molecule has 3 aliphatic rings. The highest BCUT2D eigenvalue weighted by atomic mass is 19.1. The van der Waals surface area contributed by atoms with Crippen LogP contribution in [0, 0.1) is 12.7 Å². The topological polar surface area (TPSA) is 98.4 Å². The molecule has 4 heterocycles. The predicted molar refractivity (Wildman–Crippen MR) is 113 cm³/mol. The van der Waals surface area contributed by atoms with Crippen LogP contribution >= 0.6 is 0 Å². The second-order valence-electron chi connectivity index (χ2n) is 9.02. The van der Waals surface area contributed by atoms with E-state index in [0.717, 1.165) is 49.4 Å². The van der Waals surface area contributed by atoms with E-state index in [9.17, 15) is 14.4 Å². The van der Waals surface area contributed by atoms with Crippen molar-refractivity contribution in [2.45, 2.75) is 57.7 Å². The Kier molecular flexibility index (Phi) is 5.28. The van der Waals surface area contributed by atoms with Crippen LogP contribution < -0.4 is 5.32 Å². The summed E-state index contributed by atoms with van der Waals surface area (Å²) in [6.07, 6.45) is 2.17. The first-order valence-corrected chi connectivity index (χ1v) is 11.1. The Bertz CT molecular complexity index is 1090. The van der Waals surface area contributed by atoms with Crippen molar-refractivity contribution < 1.29 is 18.8 Å². The molecule has 168 valence electrons. The Hall–Kier alpha value is -3.07. The normalized spacial score (nSPS) is 22.4. The average molecular weight is 439 g/mol. The van der Waals surface area contributed by atoms with E-state index in [-0.39, 0.29) is 36.5 Å². The average Bonchev–Trinajstić information content (AvgIpc) is 3.31. The number of hydrogen-bond donors (Lipinski definition) is 2. The van der Waals surface area contributed by atoms with Crippen LogP contribution in [0.1, 0.15) is 64.5 Å². The van der Waals surface area contributed by atoms with Gasteiger partial charge in [0.2, 0.25) is 11.8 Å². The number of hydrogen-bond acceptors (Lipinski definition) is 5. The summed E-state index contributed by atoms with van der Waals surface area (Å²) in [4.78, 5) is 40.3. The number of fused-ring (bicyclic) bond motifs is 1. The summed E-state index contributed by atoms with van der Waals surface area (Å²) in [5.74, 6) is -1.38. The van der Waals surface area contributed by atoms with Crippen molar-refractivity contribution in [3.05, 3.63) is 52.1 Å². The van der Waals surface area contributed by atoms with Crippen molar-refractivity contribution in [1.29, 1.82) is 0 Å². The van der Waals surface area contributed by atoms with E-state index in [2.05, 4.69) is 20.4 Å². The number of aromatic nitrogens is 2. The Morgan fingerprint density at radius 2 is 1.91 bits per heavy atom.